The Labute approximate surface area is 214 Å². The number of nitrogens with one attached hydrogen (secondary N) is 1. The van der Waals surface area contributed by atoms with Gasteiger partial charge in [0.2, 0.25) is 0 Å². The first-order chi connectivity index (χ1) is 17.0. The lowest BCUT2D eigenvalue weighted by molar-refractivity contribution is 0.149. The molecule has 2 saturated heterocycles. The molecule has 0 radical (unpaired) electrons. The molecule has 3 heterocycles. The van der Waals surface area contributed by atoms with Gasteiger partial charge in [-0.15, -0.1) is 0 Å². The average molecular weight is 493 g/mol. The van der Waals surface area contributed by atoms with E-state index >= 15 is 0 Å². The molecular formula is C29H37ClN4O. The van der Waals surface area contributed by atoms with Crippen molar-refractivity contribution in [2.24, 2.45) is 0 Å². The fraction of sp³-hybridized carbons (Fsp3) is 0.483. The van der Waals surface area contributed by atoms with Crippen LogP contribution >= 0.6 is 11.6 Å². The number of fused-ring (bicyclic) bond motifs is 1. The molecule has 5 nitrogen and oxygen atoms in total. The lowest BCUT2D eigenvalue weighted by Crippen LogP contribution is -2.37. The van der Waals surface area contributed by atoms with Crippen molar-refractivity contribution in [3.8, 4) is 5.75 Å². The van der Waals surface area contributed by atoms with Crippen LogP contribution in [0.25, 0.3) is 10.9 Å². The summed E-state index contributed by atoms with van der Waals surface area (Å²) in [7, 11) is 0. The second-order valence-electron chi connectivity index (χ2n) is 10.4. The van der Waals surface area contributed by atoms with Gasteiger partial charge in [-0.25, -0.2) is 0 Å². The van der Waals surface area contributed by atoms with Crippen LogP contribution in [0.2, 0.25) is 5.02 Å². The van der Waals surface area contributed by atoms with Crippen LogP contribution in [0.5, 0.6) is 5.75 Å². The predicted molar refractivity (Wildman–Crippen MR) is 146 cm³/mol. The predicted octanol–water partition coefficient (Wildman–Crippen LogP) is 7.09. The quantitative estimate of drug-likeness (QED) is 0.360. The van der Waals surface area contributed by atoms with E-state index in [-0.39, 0.29) is 0 Å². The first-order valence-electron chi connectivity index (χ1n) is 13.1. The number of nitrogens with zero attached hydrogens (tertiary/aromatic N) is 3. The van der Waals surface area contributed by atoms with Crippen molar-refractivity contribution >= 4 is 33.9 Å². The van der Waals surface area contributed by atoms with E-state index in [4.69, 9.17) is 11.6 Å². The van der Waals surface area contributed by atoms with Crippen molar-refractivity contribution in [2.45, 2.75) is 77.5 Å². The number of hydrogen-bond acceptors (Lipinski definition) is 5. The highest BCUT2D eigenvalue weighted by Gasteiger charge is 2.23. The van der Waals surface area contributed by atoms with E-state index in [2.05, 4.69) is 46.1 Å². The maximum absolute atomic E-state index is 11.4. The minimum atomic E-state index is 0.345. The maximum Gasteiger partial charge on any atom is 0.143 e. The van der Waals surface area contributed by atoms with Gasteiger partial charge in [0.25, 0.3) is 0 Å². The second-order valence-corrected chi connectivity index (χ2v) is 10.9. The number of aromatic nitrogens is 1. The van der Waals surface area contributed by atoms with Gasteiger partial charge in [-0.1, -0.05) is 24.4 Å². The zero-order valence-corrected chi connectivity index (χ0v) is 21.7. The molecular weight excluding hydrogens is 456 g/mol. The van der Waals surface area contributed by atoms with Crippen molar-refractivity contribution < 1.29 is 5.11 Å². The molecule has 186 valence electrons. The van der Waals surface area contributed by atoms with Gasteiger partial charge in [0.1, 0.15) is 5.75 Å². The highest BCUT2D eigenvalue weighted by Crippen LogP contribution is 2.36. The number of phenols is 1. The zero-order valence-electron chi connectivity index (χ0n) is 20.9. The molecule has 2 aromatic carbocycles. The Morgan fingerprint density at radius 2 is 1.63 bits per heavy atom. The first-order valence-corrected chi connectivity index (χ1v) is 13.5. The summed E-state index contributed by atoms with van der Waals surface area (Å²) in [6, 6.07) is 13.2. The van der Waals surface area contributed by atoms with Gasteiger partial charge < -0.3 is 10.4 Å². The first kappa shape index (κ1) is 24.4. The third-order valence-electron chi connectivity index (χ3n) is 7.86. The van der Waals surface area contributed by atoms with E-state index < -0.39 is 0 Å². The SMILES string of the molecule is CC1CCCCN1Cc1cc(CN2CCCCC2C)c(O)c(Nc2ccnc3cc(Cl)ccc23)c1. The summed E-state index contributed by atoms with van der Waals surface area (Å²) in [5, 5.41) is 16.6. The summed E-state index contributed by atoms with van der Waals surface area (Å²) in [5.74, 6) is 0.345. The molecule has 2 fully saturated rings. The molecule has 2 atom stereocenters. The molecule has 6 heteroatoms. The van der Waals surface area contributed by atoms with Crippen molar-refractivity contribution in [3.63, 3.8) is 0 Å². The Hall–Kier alpha value is -2.34. The number of likely N-dealkylation sites (tertiary alicyclic amines) is 2. The van der Waals surface area contributed by atoms with Crippen LogP contribution in [0.15, 0.2) is 42.6 Å². The van der Waals surface area contributed by atoms with E-state index in [9.17, 15) is 5.11 Å². The summed E-state index contributed by atoms with van der Waals surface area (Å²) < 4.78 is 0. The molecule has 3 aromatic rings. The van der Waals surface area contributed by atoms with Crippen LogP contribution in [0, 0.1) is 0 Å². The molecule has 0 aliphatic carbocycles. The molecule has 2 N–H and O–H groups in total. The van der Waals surface area contributed by atoms with Crippen LogP contribution in [0.1, 0.15) is 63.5 Å². The van der Waals surface area contributed by atoms with Gasteiger partial charge in [0.05, 0.1) is 11.2 Å². The molecule has 2 unspecified atom stereocenters. The highest BCUT2D eigenvalue weighted by molar-refractivity contribution is 6.31. The third-order valence-corrected chi connectivity index (χ3v) is 8.10. The molecule has 0 spiro atoms. The zero-order chi connectivity index (χ0) is 24.4. The molecule has 0 amide bonds. The smallest absolute Gasteiger partial charge is 0.143 e. The van der Waals surface area contributed by atoms with E-state index in [1.807, 2.05) is 24.3 Å². The van der Waals surface area contributed by atoms with Gasteiger partial charge >= 0.3 is 0 Å². The monoisotopic (exact) mass is 492 g/mol. The van der Waals surface area contributed by atoms with E-state index in [0.29, 0.717) is 22.9 Å². The number of rotatable bonds is 6. The lowest BCUT2D eigenvalue weighted by atomic mass is 9.99. The van der Waals surface area contributed by atoms with Crippen molar-refractivity contribution in [1.29, 1.82) is 0 Å². The third kappa shape index (κ3) is 5.58. The highest BCUT2D eigenvalue weighted by atomic mass is 35.5. The van der Waals surface area contributed by atoms with Crippen molar-refractivity contribution in [3.05, 3.63) is 58.7 Å². The number of hydrogen-bond donors (Lipinski definition) is 2. The summed E-state index contributed by atoms with van der Waals surface area (Å²) >= 11 is 6.20. The average Bonchev–Trinajstić information content (AvgIpc) is 2.84. The van der Waals surface area contributed by atoms with Crippen LogP contribution in [0.4, 0.5) is 11.4 Å². The molecule has 35 heavy (non-hydrogen) atoms. The molecule has 5 rings (SSSR count). The summed E-state index contributed by atoms with van der Waals surface area (Å²) in [6.07, 6.45) is 9.37. The minimum Gasteiger partial charge on any atom is -0.505 e. The molecule has 0 saturated carbocycles. The number of aromatic hydroxyl groups is 1. The van der Waals surface area contributed by atoms with E-state index in [1.165, 1.54) is 44.1 Å². The fourth-order valence-corrected chi connectivity index (χ4v) is 5.85. The van der Waals surface area contributed by atoms with Gasteiger partial charge in [0, 0.05) is 53.0 Å². The van der Waals surface area contributed by atoms with Crippen LogP contribution in [-0.2, 0) is 13.1 Å². The fourth-order valence-electron chi connectivity index (χ4n) is 5.68. The van der Waals surface area contributed by atoms with Crippen LogP contribution in [0.3, 0.4) is 0 Å². The van der Waals surface area contributed by atoms with E-state index in [0.717, 1.165) is 54.0 Å². The van der Waals surface area contributed by atoms with Gasteiger partial charge in [-0.3, -0.25) is 14.8 Å². The Morgan fingerprint density at radius 3 is 2.34 bits per heavy atom. The number of anilines is 2. The summed E-state index contributed by atoms with van der Waals surface area (Å²) in [4.78, 5) is 9.57. The Balaban J connectivity index is 1.50. The molecule has 1 aromatic heterocycles. The molecule has 0 bridgehead atoms. The number of pyridine rings is 1. The maximum atomic E-state index is 11.4. The number of piperidine rings is 2. The second kappa shape index (κ2) is 10.7. The summed E-state index contributed by atoms with van der Waals surface area (Å²) in [5.41, 5.74) is 4.77. The van der Waals surface area contributed by atoms with E-state index in [1.54, 1.807) is 6.20 Å². The van der Waals surface area contributed by atoms with Crippen molar-refractivity contribution in [2.75, 3.05) is 18.4 Å². The molecule has 2 aliphatic heterocycles. The van der Waals surface area contributed by atoms with Gasteiger partial charge in [0.15, 0.2) is 0 Å². The normalized spacial score (nSPS) is 21.9. The largest absolute Gasteiger partial charge is 0.505 e. The molecule has 2 aliphatic rings. The standard InChI is InChI=1S/C29H37ClN4O/c1-20-7-3-5-13-33(20)18-22-15-23(19-34-14-6-4-8-21(34)2)29(35)28(16-22)32-26-11-12-31-27-17-24(30)9-10-25(26)27/h9-12,15-17,20-21,35H,3-8,13-14,18-19H2,1-2H3,(H,31,32). The van der Waals surface area contributed by atoms with Crippen LogP contribution in [-0.4, -0.2) is 45.1 Å². The number of phenolic OH excluding ortho intramolecular Hbond substituents is 1. The van der Waals surface area contributed by atoms with Gasteiger partial charge in [-0.2, -0.15) is 0 Å². The Bertz CT molecular complexity index is 1180. The number of halogens is 1. The number of benzene rings is 2. The van der Waals surface area contributed by atoms with Crippen molar-refractivity contribution in [1.82, 2.24) is 14.8 Å². The Morgan fingerprint density at radius 1 is 0.914 bits per heavy atom. The minimum absolute atomic E-state index is 0.345. The lowest BCUT2D eigenvalue weighted by Gasteiger charge is -2.35. The topological polar surface area (TPSA) is 51.6 Å². The van der Waals surface area contributed by atoms with Gasteiger partial charge in [-0.05, 0) is 94.6 Å². The van der Waals surface area contributed by atoms with Crippen LogP contribution < -0.4 is 5.32 Å². The Kier molecular flexibility index (Phi) is 7.47. The summed E-state index contributed by atoms with van der Waals surface area (Å²) in [6.45, 7) is 8.56.